The third-order valence-corrected chi connectivity index (χ3v) is 4.39. The van der Waals surface area contributed by atoms with Gasteiger partial charge < -0.3 is 15.4 Å². The van der Waals surface area contributed by atoms with Crippen LogP contribution in [0.4, 0.5) is 0 Å². The molecule has 2 aromatic carbocycles. The van der Waals surface area contributed by atoms with Gasteiger partial charge in [-0.3, -0.25) is 9.59 Å². The molecule has 1 aliphatic rings. The number of hydrogen-bond acceptors (Lipinski definition) is 3. The number of amides is 2. The molecule has 1 heterocycles. The van der Waals surface area contributed by atoms with Crippen LogP contribution in [0.3, 0.4) is 0 Å². The molecule has 5 nitrogen and oxygen atoms in total. The Balaban J connectivity index is 1.68. The normalized spacial score (nSPS) is 19.7. The van der Waals surface area contributed by atoms with Gasteiger partial charge >= 0.3 is 0 Å². The maximum Gasteiger partial charge on any atom is 0.255 e. The van der Waals surface area contributed by atoms with E-state index in [2.05, 4.69) is 10.6 Å². The van der Waals surface area contributed by atoms with Crippen molar-refractivity contribution in [3.05, 3.63) is 71.8 Å². The van der Waals surface area contributed by atoms with Gasteiger partial charge in [0.2, 0.25) is 5.91 Å². The summed E-state index contributed by atoms with van der Waals surface area (Å²) in [5.74, 6) is -0.450. The van der Waals surface area contributed by atoms with E-state index in [1.54, 1.807) is 7.05 Å². The van der Waals surface area contributed by atoms with Crippen molar-refractivity contribution in [1.82, 2.24) is 10.6 Å². The highest BCUT2D eigenvalue weighted by Crippen LogP contribution is 2.31. The highest BCUT2D eigenvalue weighted by molar-refractivity contribution is 5.93. The van der Waals surface area contributed by atoms with Crippen molar-refractivity contribution in [2.45, 2.75) is 24.5 Å². The lowest BCUT2D eigenvalue weighted by Crippen LogP contribution is -2.51. The van der Waals surface area contributed by atoms with Crippen molar-refractivity contribution in [3.63, 3.8) is 0 Å². The molecule has 0 bridgehead atoms. The lowest BCUT2D eigenvalue weighted by Gasteiger charge is -2.20. The molecular formula is C20H22N2O3. The zero-order chi connectivity index (χ0) is 17.7. The van der Waals surface area contributed by atoms with Gasteiger partial charge in [0.1, 0.15) is 6.04 Å². The largest absolute Gasteiger partial charge is 0.359 e. The summed E-state index contributed by atoms with van der Waals surface area (Å²) in [5, 5.41) is 5.48. The topological polar surface area (TPSA) is 70.7 Å². The van der Waals surface area contributed by atoms with Crippen LogP contribution < -0.4 is 10.6 Å². The van der Waals surface area contributed by atoms with E-state index in [0.717, 1.165) is 11.1 Å². The van der Waals surface area contributed by atoms with Crippen molar-refractivity contribution < 1.29 is 14.3 Å². The van der Waals surface area contributed by atoms with Gasteiger partial charge in [-0.05, 0) is 11.1 Å². The van der Waals surface area contributed by atoms with Gasteiger partial charge in [0, 0.05) is 19.9 Å². The summed E-state index contributed by atoms with van der Waals surface area (Å²) in [6, 6.07) is 18.8. The molecule has 0 saturated carbocycles. The summed E-state index contributed by atoms with van der Waals surface area (Å²) in [4.78, 5) is 24.9. The lowest BCUT2D eigenvalue weighted by atomic mass is 9.98. The number of ether oxygens (including phenoxy) is 1. The molecule has 0 spiro atoms. The first-order valence-electron chi connectivity index (χ1n) is 8.37. The average Bonchev–Trinajstić information content (AvgIpc) is 3.43. The Morgan fingerprint density at radius 1 is 1.04 bits per heavy atom. The average molecular weight is 338 g/mol. The number of likely N-dealkylation sites (N-methyl/N-ethyl adjacent to an activating group) is 1. The fourth-order valence-electron chi connectivity index (χ4n) is 2.85. The van der Waals surface area contributed by atoms with Crippen molar-refractivity contribution >= 4 is 11.8 Å². The second kappa shape index (κ2) is 7.49. The Morgan fingerprint density at radius 3 is 2.12 bits per heavy atom. The third-order valence-electron chi connectivity index (χ3n) is 4.39. The first kappa shape index (κ1) is 17.2. The summed E-state index contributed by atoms with van der Waals surface area (Å²) in [6.07, 6.45) is 0.944. The quantitative estimate of drug-likeness (QED) is 0.751. The van der Waals surface area contributed by atoms with Crippen LogP contribution >= 0.6 is 0 Å². The second-order valence-electron chi connectivity index (χ2n) is 6.28. The molecular weight excluding hydrogens is 316 g/mol. The molecule has 25 heavy (non-hydrogen) atoms. The Morgan fingerprint density at radius 2 is 1.60 bits per heavy atom. The first-order valence-corrected chi connectivity index (χ1v) is 8.37. The fraction of sp³-hybridized carbons (Fsp3) is 0.300. The van der Waals surface area contributed by atoms with Gasteiger partial charge in [-0.1, -0.05) is 60.7 Å². The summed E-state index contributed by atoms with van der Waals surface area (Å²) in [5.41, 5.74) is 1.17. The number of hydrogen-bond donors (Lipinski definition) is 2. The highest BCUT2D eigenvalue weighted by atomic mass is 16.6. The Kier molecular flexibility index (Phi) is 5.14. The highest BCUT2D eigenvalue weighted by Gasteiger charge is 2.52. The number of rotatable bonds is 7. The Bertz CT molecular complexity index is 727. The van der Waals surface area contributed by atoms with Gasteiger partial charge in [-0.15, -0.1) is 0 Å². The Labute approximate surface area is 147 Å². The number of nitrogens with one attached hydrogen (secondary N) is 2. The van der Waals surface area contributed by atoms with Crippen LogP contribution in [0.1, 0.15) is 11.1 Å². The first-order chi connectivity index (χ1) is 12.1. The molecule has 0 aliphatic carbocycles. The predicted octanol–water partition coefficient (Wildman–Crippen LogP) is 1.47. The molecule has 1 aliphatic heterocycles. The SMILES string of the molecule is CNC(=O)[C@H](Cc1ccccc1)NC(=O)[C@]1(Cc2ccccc2)CO1. The van der Waals surface area contributed by atoms with Crippen LogP contribution in [-0.2, 0) is 27.2 Å². The minimum absolute atomic E-state index is 0.215. The summed E-state index contributed by atoms with van der Waals surface area (Å²) >= 11 is 0. The third kappa shape index (κ3) is 4.25. The van der Waals surface area contributed by atoms with E-state index in [4.69, 9.17) is 4.74 Å². The fourth-order valence-corrected chi connectivity index (χ4v) is 2.85. The number of epoxide rings is 1. The molecule has 3 rings (SSSR count). The van der Waals surface area contributed by atoms with Gasteiger partial charge in [0.05, 0.1) is 6.61 Å². The minimum Gasteiger partial charge on any atom is -0.359 e. The summed E-state index contributed by atoms with van der Waals surface area (Å²) in [7, 11) is 1.57. The number of carbonyl (C=O) groups is 2. The summed E-state index contributed by atoms with van der Waals surface area (Å²) in [6.45, 7) is 0.375. The van der Waals surface area contributed by atoms with Gasteiger partial charge in [-0.2, -0.15) is 0 Å². The van der Waals surface area contributed by atoms with E-state index < -0.39 is 11.6 Å². The van der Waals surface area contributed by atoms with E-state index >= 15 is 0 Å². The van der Waals surface area contributed by atoms with Crippen LogP contribution in [0.2, 0.25) is 0 Å². The predicted molar refractivity (Wildman–Crippen MR) is 95.0 cm³/mol. The zero-order valence-electron chi connectivity index (χ0n) is 14.2. The van der Waals surface area contributed by atoms with Crippen molar-refractivity contribution in [3.8, 4) is 0 Å². The van der Waals surface area contributed by atoms with E-state index in [-0.39, 0.29) is 11.8 Å². The Hall–Kier alpha value is -2.66. The standard InChI is InChI=1S/C20H22N2O3/c1-21-18(23)17(12-15-8-4-2-5-9-15)22-19(24)20(14-25-20)13-16-10-6-3-7-11-16/h2-11,17H,12-14H2,1H3,(H,21,23)(H,22,24)/t17-,20-/m0/s1. The van der Waals surface area contributed by atoms with E-state index in [1.807, 2.05) is 60.7 Å². The molecule has 2 atom stereocenters. The molecule has 1 saturated heterocycles. The van der Waals surface area contributed by atoms with E-state index in [1.165, 1.54) is 0 Å². The van der Waals surface area contributed by atoms with Crippen LogP contribution in [-0.4, -0.2) is 37.1 Å². The van der Waals surface area contributed by atoms with E-state index in [0.29, 0.717) is 19.4 Å². The van der Waals surface area contributed by atoms with Crippen LogP contribution in [0, 0.1) is 0 Å². The van der Waals surface area contributed by atoms with Crippen LogP contribution in [0.15, 0.2) is 60.7 Å². The van der Waals surface area contributed by atoms with Gasteiger partial charge in [0.15, 0.2) is 5.60 Å². The molecule has 2 aromatic rings. The molecule has 5 heteroatoms. The van der Waals surface area contributed by atoms with Crippen molar-refractivity contribution in [2.75, 3.05) is 13.7 Å². The smallest absolute Gasteiger partial charge is 0.255 e. The van der Waals surface area contributed by atoms with Gasteiger partial charge in [-0.25, -0.2) is 0 Å². The molecule has 1 fully saturated rings. The van der Waals surface area contributed by atoms with Crippen molar-refractivity contribution in [1.29, 1.82) is 0 Å². The monoisotopic (exact) mass is 338 g/mol. The summed E-state index contributed by atoms with van der Waals surface area (Å²) < 4.78 is 5.48. The van der Waals surface area contributed by atoms with Gasteiger partial charge in [0.25, 0.3) is 5.91 Å². The molecule has 0 aromatic heterocycles. The molecule has 2 amide bonds. The van der Waals surface area contributed by atoms with Crippen molar-refractivity contribution in [2.24, 2.45) is 0 Å². The van der Waals surface area contributed by atoms with Crippen LogP contribution in [0.25, 0.3) is 0 Å². The van der Waals surface area contributed by atoms with E-state index in [9.17, 15) is 9.59 Å². The molecule has 130 valence electrons. The molecule has 0 unspecified atom stereocenters. The lowest BCUT2D eigenvalue weighted by molar-refractivity contribution is -0.131. The molecule has 0 radical (unpaired) electrons. The minimum atomic E-state index is -0.857. The second-order valence-corrected chi connectivity index (χ2v) is 6.28. The maximum atomic E-state index is 12.7. The number of benzene rings is 2. The van der Waals surface area contributed by atoms with Crippen LogP contribution in [0.5, 0.6) is 0 Å². The number of carbonyl (C=O) groups excluding carboxylic acids is 2. The zero-order valence-corrected chi connectivity index (χ0v) is 14.2. The maximum absolute atomic E-state index is 12.7. The molecule has 2 N–H and O–H groups in total.